The lowest BCUT2D eigenvalue weighted by Crippen LogP contribution is -2.45. The number of hydrogen-bond acceptors (Lipinski definition) is 6. The maximum Gasteiger partial charge on any atom is 0.271 e. The number of hydrazone groups is 1. The average Bonchev–Trinajstić information content (AvgIpc) is 2.95. The first kappa shape index (κ1) is 26.4. The molecule has 4 rings (SSSR count). The number of ether oxygens (including phenoxy) is 2. The van der Waals surface area contributed by atoms with Gasteiger partial charge < -0.3 is 9.47 Å². The van der Waals surface area contributed by atoms with Crippen LogP contribution in [0.5, 0.6) is 11.5 Å². The molecule has 0 saturated carbocycles. The van der Waals surface area contributed by atoms with Crippen LogP contribution in [-0.2, 0) is 13.1 Å². The Kier molecular flexibility index (Phi) is 9.29. The Hall–Kier alpha value is -3.68. The fourth-order valence-electron chi connectivity index (χ4n) is 4.51. The lowest BCUT2D eigenvalue weighted by molar-refractivity contribution is 0.0954. The van der Waals surface area contributed by atoms with Crippen LogP contribution in [0.25, 0.3) is 0 Å². The van der Waals surface area contributed by atoms with E-state index in [0.717, 1.165) is 50.5 Å². The molecule has 1 saturated heterocycles. The second kappa shape index (κ2) is 13.0. The molecular formula is C30H36N4O3. The van der Waals surface area contributed by atoms with Crippen molar-refractivity contribution in [2.24, 2.45) is 5.10 Å². The summed E-state index contributed by atoms with van der Waals surface area (Å²) in [5.41, 5.74) is 7.49. The van der Waals surface area contributed by atoms with Crippen LogP contribution in [0.3, 0.4) is 0 Å². The Morgan fingerprint density at radius 3 is 1.92 bits per heavy atom. The van der Waals surface area contributed by atoms with Crippen molar-refractivity contribution in [3.05, 3.63) is 95.1 Å². The summed E-state index contributed by atoms with van der Waals surface area (Å²) in [6, 6.07) is 24.1. The highest BCUT2D eigenvalue weighted by Gasteiger charge is 2.17. The van der Waals surface area contributed by atoms with Crippen LogP contribution in [0.15, 0.2) is 77.9 Å². The standard InChI is InChI=1S/C30H36N4O3/c1-4-27(26-14-15-28(36-2)29(20-26)37-3)31-32-30(35)25-12-10-24(11-13-25)22-34-18-16-33(17-19-34)21-23-8-6-5-7-9-23/h5-15,20H,4,16-19,21-22H2,1-3H3,(H,32,35)/b31-27-. The first-order valence-electron chi connectivity index (χ1n) is 12.8. The SMILES string of the molecule is CC/C(=N/NC(=O)c1ccc(CN2CCN(Cc3ccccc3)CC2)cc1)c1ccc(OC)c(OC)c1. The Morgan fingerprint density at radius 1 is 0.784 bits per heavy atom. The fourth-order valence-corrected chi connectivity index (χ4v) is 4.51. The van der Waals surface area contributed by atoms with Gasteiger partial charge in [-0.1, -0.05) is 49.4 Å². The lowest BCUT2D eigenvalue weighted by atomic mass is 10.1. The minimum Gasteiger partial charge on any atom is -0.493 e. The predicted molar refractivity (Wildman–Crippen MR) is 147 cm³/mol. The van der Waals surface area contributed by atoms with Gasteiger partial charge in [-0.15, -0.1) is 0 Å². The van der Waals surface area contributed by atoms with Gasteiger partial charge in [-0.05, 0) is 47.9 Å². The molecule has 0 bridgehead atoms. The van der Waals surface area contributed by atoms with E-state index in [-0.39, 0.29) is 5.91 Å². The zero-order valence-electron chi connectivity index (χ0n) is 21.9. The summed E-state index contributed by atoms with van der Waals surface area (Å²) >= 11 is 0. The number of carbonyl (C=O) groups excluding carboxylic acids is 1. The number of nitrogens with zero attached hydrogens (tertiary/aromatic N) is 3. The van der Waals surface area contributed by atoms with Crippen molar-refractivity contribution >= 4 is 11.6 Å². The second-order valence-electron chi connectivity index (χ2n) is 9.16. The molecule has 0 radical (unpaired) electrons. The van der Waals surface area contributed by atoms with Gasteiger partial charge in [0.05, 0.1) is 19.9 Å². The Labute approximate surface area is 219 Å². The van der Waals surface area contributed by atoms with Gasteiger partial charge in [0.15, 0.2) is 11.5 Å². The molecule has 1 fully saturated rings. The van der Waals surface area contributed by atoms with Crippen LogP contribution in [0.4, 0.5) is 0 Å². The molecule has 7 nitrogen and oxygen atoms in total. The van der Waals surface area contributed by atoms with Gasteiger partial charge in [0, 0.05) is 50.4 Å². The number of carbonyl (C=O) groups is 1. The van der Waals surface area contributed by atoms with Gasteiger partial charge in [0.2, 0.25) is 0 Å². The highest BCUT2D eigenvalue weighted by molar-refractivity contribution is 6.02. The summed E-state index contributed by atoms with van der Waals surface area (Å²) in [6.45, 7) is 8.10. The maximum absolute atomic E-state index is 12.7. The van der Waals surface area contributed by atoms with Crippen molar-refractivity contribution in [3.8, 4) is 11.5 Å². The minimum atomic E-state index is -0.229. The van der Waals surface area contributed by atoms with E-state index in [1.54, 1.807) is 14.2 Å². The van der Waals surface area contributed by atoms with Crippen molar-refractivity contribution in [2.75, 3.05) is 40.4 Å². The van der Waals surface area contributed by atoms with Crippen LogP contribution in [0, 0.1) is 0 Å². The van der Waals surface area contributed by atoms with Crippen molar-refractivity contribution in [1.29, 1.82) is 0 Å². The Balaban J connectivity index is 1.29. The summed E-state index contributed by atoms with van der Waals surface area (Å²) in [6.07, 6.45) is 0.660. The van der Waals surface area contributed by atoms with Crippen LogP contribution in [-0.4, -0.2) is 61.8 Å². The predicted octanol–water partition coefficient (Wildman–Crippen LogP) is 4.57. The molecular weight excluding hydrogens is 464 g/mol. The number of methoxy groups -OCH3 is 2. The molecule has 1 amide bonds. The number of rotatable bonds is 10. The summed E-state index contributed by atoms with van der Waals surface area (Å²) < 4.78 is 10.7. The largest absolute Gasteiger partial charge is 0.493 e. The topological polar surface area (TPSA) is 66.4 Å². The highest BCUT2D eigenvalue weighted by atomic mass is 16.5. The van der Waals surface area contributed by atoms with E-state index in [1.807, 2.05) is 49.4 Å². The number of nitrogens with one attached hydrogen (secondary N) is 1. The zero-order valence-corrected chi connectivity index (χ0v) is 21.9. The van der Waals surface area contributed by atoms with Crippen molar-refractivity contribution in [3.63, 3.8) is 0 Å². The van der Waals surface area contributed by atoms with E-state index in [4.69, 9.17) is 9.47 Å². The molecule has 1 aliphatic heterocycles. The first-order valence-corrected chi connectivity index (χ1v) is 12.8. The minimum absolute atomic E-state index is 0.229. The average molecular weight is 501 g/mol. The summed E-state index contributed by atoms with van der Waals surface area (Å²) in [5, 5.41) is 4.38. The van der Waals surface area contributed by atoms with Gasteiger partial charge in [0.1, 0.15) is 0 Å². The highest BCUT2D eigenvalue weighted by Crippen LogP contribution is 2.28. The van der Waals surface area contributed by atoms with Crippen LogP contribution >= 0.6 is 0 Å². The van der Waals surface area contributed by atoms with Gasteiger partial charge in [-0.2, -0.15) is 5.10 Å². The molecule has 1 N–H and O–H groups in total. The van der Waals surface area contributed by atoms with Gasteiger partial charge in [-0.3, -0.25) is 14.6 Å². The third-order valence-electron chi connectivity index (χ3n) is 6.68. The van der Waals surface area contributed by atoms with Crippen LogP contribution < -0.4 is 14.9 Å². The third-order valence-corrected chi connectivity index (χ3v) is 6.68. The van der Waals surface area contributed by atoms with Gasteiger partial charge in [-0.25, -0.2) is 5.43 Å². The normalized spacial score (nSPS) is 14.8. The Bertz CT molecular complexity index is 1190. The number of hydrogen-bond donors (Lipinski definition) is 1. The Morgan fingerprint density at radius 2 is 1.35 bits per heavy atom. The number of amides is 1. The van der Waals surface area contributed by atoms with Crippen LogP contribution in [0.1, 0.15) is 40.4 Å². The summed E-state index contributed by atoms with van der Waals surface area (Å²) in [5.74, 6) is 1.05. The fraction of sp³-hybridized carbons (Fsp3) is 0.333. The first-order chi connectivity index (χ1) is 18.1. The molecule has 3 aromatic carbocycles. The van der Waals surface area contributed by atoms with Crippen molar-refractivity contribution < 1.29 is 14.3 Å². The second-order valence-corrected chi connectivity index (χ2v) is 9.16. The zero-order chi connectivity index (χ0) is 26.0. The van der Waals surface area contributed by atoms with E-state index in [1.165, 1.54) is 11.1 Å². The van der Waals surface area contributed by atoms with E-state index in [2.05, 4.69) is 50.7 Å². The van der Waals surface area contributed by atoms with E-state index in [9.17, 15) is 4.79 Å². The quantitative estimate of drug-likeness (QED) is 0.326. The molecule has 0 spiro atoms. The third kappa shape index (κ3) is 7.18. The van der Waals surface area contributed by atoms with E-state index >= 15 is 0 Å². The smallest absolute Gasteiger partial charge is 0.271 e. The van der Waals surface area contributed by atoms with E-state index in [0.29, 0.717) is 23.5 Å². The monoisotopic (exact) mass is 500 g/mol. The van der Waals surface area contributed by atoms with Gasteiger partial charge in [0.25, 0.3) is 5.91 Å². The maximum atomic E-state index is 12.7. The molecule has 194 valence electrons. The molecule has 0 atom stereocenters. The molecule has 37 heavy (non-hydrogen) atoms. The van der Waals surface area contributed by atoms with Crippen LogP contribution in [0.2, 0.25) is 0 Å². The molecule has 1 heterocycles. The number of piperazine rings is 1. The summed E-state index contributed by atoms with van der Waals surface area (Å²) in [7, 11) is 3.20. The molecule has 3 aromatic rings. The van der Waals surface area contributed by atoms with Gasteiger partial charge >= 0.3 is 0 Å². The van der Waals surface area contributed by atoms with Crippen molar-refractivity contribution in [2.45, 2.75) is 26.4 Å². The molecule has 0 aromatic heterocycles. The number of benzene rings is 3. The molecule has 0 unspecified atom stereocenters. The molecule has 7 heteroatoms. The van der Waals surface area contributed by atoms with Crippen molar-refractivity contribution in [1.82, 2.24) is 15.2 Å². The van der Waals surface area contributed by atoms with E-state index < -0.39 is 0 Å². The summed E-state index contributed by atoms with van der Waals surface area (Å²) in [4.78, 5) is 17.7. The molecule has 1 aliphatic rings. The molecule has 0 aliphatic carbocycles. The lowest BCUT2D eigenvalue weighted by Gasteiger charge is -2.34.